The molecule has 0 saturated heterocycles. The highest BCUT2D eigenvalue weighted by Crippen LogP contribution is 2.24. The minimum absolute atomic E-state index is 0.491. The van der Waals surface area contributed by atoms with Crippen molar-refractivity contribution in [1.29, 1.82) is 0 Å². The predicted octanol–water partition coefficient (Wildman–Crippen LogP) is 2.32. The van der Waals surface area contributed by atoms with E-state index in [9.17, 15) is 0 Å². The normalized spacial score (nSPS) is 12.3. The van der Waals surface area contributed by atoms with E-state index in [-0.39, 0.29) is 0 Å². The summed E-state index contributed by atoms with van der Waals surface area (Å²) in [5.74, 6) is 1.97. The number of anilines is 2. The van der Waals surface area contributed by atoms with E-state index in [4.69, 9.17) is 0 Å². The summed E-state index contributed by atoms with van der Waals surface area (Å²) in [6, 6.07) is 0.491. The molecule has 1 rings (SSSR count). The fourth-order valence-corrected chi connectivity index (χ4v) is 1.73. The maximum Gasteiger partial charge on any atom is 0.137 e. The highest BCUT2D eigenvalue weighted by molar-refractivity contribution is 5.58. The first-order valence-electron chi connectivity index (χ1n) is 5.90. The lowest BCUT2D eigenvalue weighted by Crippen LogP contribution is -2.30. The van der Waals surface area contributed by atoms with Crippen LogP contribution in [0, 0.1) is 0 Å². The topological polar surface area (TPSA) is 41.1 Å². The first kappa shape index (κ1) is 12.7. The Labute approximate surface area is 98.1 Å². The van der Waals surface area contributed by atoms with Gasteiger partial charge in [-0.05, 0) is 19.8 Å². The molecule has 1 N–H and O–H groups in total. The van der Waals surface area contributed by atoms with Gasteiger partial charge in [0, 0.05) is 25.7 Å². The predicted molar refractivity (Wildman–Crippen MR) is 69.1 cm³/mol. The Bertz CT molecular complexity index is 338. The van der Waals surface area contributed by atoms with Gasteiger partial charge in [0.15, 0.2) is 0 Å². The molecule has 0 amide bonds. The maximum atomic E-state index is 4.40. The Kier molecular flexibility index (Phi) is 4.52. The molecule has 90 valence electrons. The van der Waals surface area contributed by atoms with Gasteiger partial charge in [-0.1, -0.05) is 13.8 Å². The minimum atomic E-state index is 0.491. The summed E-state index contributed by atoms with van der Waals surface area (Å²) < 4.78 is 0. The largest absolute Gasteiger partial charge is 0.373 e. The SMILES string of the molecule is CCc1c(NC)ncnc1N(C)C(C)CC. The molecule has 0 bridgehead atoms. The number of nitrogens with zero attached hydrogens (tertiary/aromatic N) is 3. The van der Waals surface area contributed by atoms with Crippen molar-refractivity contribution in [1.82, 2.24) is 9.97 Å². The van der Waals surface area contributed by atoms with Crippen LogP contribution in [0.3, 0.4) is 0 Å². The van der Waals surface area contributed by atoms with Crippen molar-refractivity contribution < 1.29 is 0 Å². The van der Waals surface area contributed by atoms with Crippen molar-refractivity contribution in [3.8, 4) is 0 Å². The van der Waals surface area contributed by atoms with Gasteiger partial charge in [-0.2, -0.15) is 0 Å². The quantitative estimate of drug-likeness (QED) is 0.830. The van der Waals surface area contributed by atoms with Crippen LogP contribution in [-0.4, -0.2) is 30.1 Å². The molecule has 0 aliphatic rings. The monoisotopic (exact) mass is 222 g/mol. The van der Waals surface area contributed by atoms with Crippen molar-refractivity contribution in [2.24, 2.45) is 0 Å². The molecule has 1 aromatic heterocycles. The zero-order valence-corrected chi connectivity index (χ0v) is 10.9. The van der Waals surface area contributed by atoms with E-state index in [1.807, 2.05) is 7.05 Å². The molecule has 1 unspecified atom stereocenters. The van der Waals surface area contributed by atoms with Gasteiger partial charge >= 0.3 is 0 Å². The second-order valence-corrected chi connectivity index (χ2v) is 4.00. The molecule has 0 saturated carbocycles. The lowest BCUT2D eigenvalue weighted by atomic mass is 10.1. The van der Waals surface area contributed by atoms with Crippen LogP contribution in [0.25, 0.3) is 0 Å². The van der Waals surface area contributed by atoms with E-state index in [0.717, 1.165) is 24.5 Å². The van der Waals surface area contributed by atoms with Crippen LogP contribution in [-0.2, 0) is 6.42 Å². The molecule has 0 aliphatic carbocycles. The molecule has 0 spiro atoms. The van der Waals surface area contributed by atoms with Gasteiger partial charge in [-0.25, -0.2) is 9.97 Å². The Morgan fingerprint density at radius 3 is 2.56 bits per heavy atom. The Morgan fingerprint density at radius 2 is 2.06 bits per heavy atom. The zero-order valence-electron chi connectivity index (χ0n) is 10.9. The molecule has 16 heavy (non-hydrogen) atoms. The van der Waals surface area contributed by atoms with Crippen LogP contribution in [0.5, 0.6) is 0 Å². The highest BCUT2D eigenvalue weighted by atomic mass is 15.2. The molecule has 0 aromatic carbocycles. The lowest BCUT2D eigenvalue weighted by molar-refractivity contribution is 0.653. The minimum Gasteiger partial charge on any atom is -0.373 e. The Morgan fingerprint density at radius 1 is 1.38 bits per heavy atom. The third-order valence-corrected chi connectivity index (χ3v) is 3.10. The molecule has 1 atom stereocenters. The van der Waals surface area contributed by atoms with Gasteiger partial charge < -0.3 is 10.2 Å². The van der Waals surface area contributed by atoms with E-state index in [2.05, 4.69) is 48.0 Å². The molecular formula is C12H22N4. The molecule has 1 heterocycles. The van der Waals surface area contributed by atoms with E-state index < -0.39 is 0 Å². The van der Waals surface area contributed by atoms with Crippen molar-refractivity contribution in [2.75, 3.05) is 24.3 Å². The van der Waals surface area contributed by atoms with Gasteiger partial charge in [-0.3, -0.25) is 0 Å². The standard InChI is InChI=1S/C12H22N4/c1-6-9(3)16(5)12-10(7-2)11(13-4)14-8-15-12/h8-9H,6-7H2,1-5H3,(H,13,14,15). The fraction of sp³-hybridized carbons (Fsp3) is 0.667. The molecular weight excluding hydrogens is 200 g/mol. The average molecular weight is 222 g/mol. The summed E-state index contributed by atoms with van der Waals surface area (Å²) in [4.78, 5) is 10.9. The van der Waals surface area contributed by atoms with Gasteiger partial charge in [0.1, 0.15) is 18.0 Å². The van der Waals surface area contributed by atoms with Gasteiger partial charge in [0.25, 0.3) is 0 Å². The third-order valence-electron chi connectivity index (χ3n) is 3.10. The van der Waals surface area contributed by atoms with Crippen molar-refractivity contribution in [2.45, 2.75) is 39.7 Å². The highest BCUT2D eigenvalue weighted by Gasteiger charge is 2.15. The van der Waals surface area contributed by atoms with Crippen LogP contribution < -0.4 is 10.2 Å². The number of hydrogen-bond donors (Lipinski definition) is 1. The number of aromatic nitrogens is 2. The first-order chi connectivity index (χ1) is 7.65. The van der Waals surface area contributed by atoms with E-state index in [0.29, 0.717) is 6.04 Å². The van der Waals surface area contributed by atoms with Gasteiger partial charge in [0.05, 0.1) is 0 Å². The van der Waals surface area contributed by atoms with Crippen LogP contribution in [0.15, 0.2) is 6.33 Å². The summed E-state index contributed by atoms with van der Waals surface area (Å²) in [5, 5.41) is 3.12. The molecule has 0 aliphatic heterocycles. The number of hydrogen-bond acceptors (Lipinski definition) is 4. The molecule has 4 nitrogen and oxygen atoms in total. The third kappa shape index (κ3) is 2.43. The Balaban J connectivity index is 3.12. The van der Waals surface area contributed by atoms with E-state index >= 15 is 0 Å². The second kappa shape index (κ2) is 5.68. The summed E-state index contributed by atoms with van der Waals surface area (Å²) in [7, 11) is 3.99. The molecule has 0 fully saturated rings. The first-order valence-corrected chi connectivity index (χ1v) is 5.90. The molecule has 0 radical (unpaired) electrons. The van der Waals surface area contributed by atoms with Crippen LogP contribution in [0.1, 0.15) is 32.8 Å². The number of nitrogens with one attached hydrogen (secondary N) is 1. The van der Waals surface area contributed by atoms with Crippen molar-refractivity contribution in [3.05, 3.63) is 11.9 Å². The Hall–Kier alpha value is -1.32. The van der Waals surface area contributed by atoms with Gasteiger partial charge in [-0.15, -0.1) is 0 Å². The summed E-state index contributed by atoms with van der Waals surface area (Å²) in [6.45, 7) is 6.53. The second-order valence-electron chi connectivity index (χ2n) is 4.00. The summed E-state index contributed by atoms with van der Waals surface area (Å²) in [6.07, 6.45) is 3.67. The zero-order chi connectivity index (χ0) is 12.1. The van der Waals surface area contributed by atoms with Crippen molar-refractivity contribution >= 4 is 11.6 Å². The lowest BCUT2D eigenvalue weighted by Gasteiger charge is -2.27. The van der Waals surface area contributed by atoms with Crippen LogP contribution >= 0.6 is 0 Å². The van der Waals surface area contributed by atoms with Crippen LogP contribution in [0.2, 0.25) is 0 Å². The molecule has 1 aromatic rings. The van der Waals surface area contributed by atoms with E-state index in [1.165, 1.54) is 5.56 Å². The van der Waals surface area contributed by atoms with Crippen molar-refractivity contribution in [3.63, 3.8) is 0 Å². The average Bonchev–Trinajstić information content (AvgIpc) is 2.35. The fourth-order valence-electron chi connectivity index (χ4n) is 1.73. The summed E-state index contributed by atoms with van der Waals surface area (Å²) in [5.41, 5.74) is 1.19. The smallest absolute Gasteiger partial charge is 0.137 e. The summed E-state index contributed by atoms with van der Waals surface area (Å²) >= 11 is 0. The van der Waals surface area contributed by atoms with Crippen LogP contribution in [0.4, 0.5) is 11.6 Å². The van der Waals surface area contributed by atoms with Gasteiger partial charge in [0.2, 0.25) is 0 Å². The number of rotatable bonds is 5. The maximum absolute atomic E-state index is 4.40. The van der Waals surface area contributed by atoms with E-state index in [1.54, 1.807) is 6.33 Å². The molecule has 4 heteroatoms.